The molecule has 2 heterocycles. The number of ether oxygens (including phenoxy) is 1. The molecule has 0 aliphatic heterocycles. The molecule has 3 rings (SSSR count). The van der Waals surface area contributed by atoms with Crippen molar-refractivity contribution in [1.82, 2.24) is 15.2 Å². The first-order chi connectivity index (χ1) is 12.0. The molecule has 2 N–H and O–H groups in total. The Labute approximate surface area is 147 Å². The molecule has 0 aliphatic carbocycles. The summed E-state index contributed by atoms with van der Waals surface area (Å²) in [5.74, 6) is 0.386. The van der Waals surface area contributed by atoms with Crippen LogP contribution in [0.3, 0.4) is 0 Å². The van der Waals surface area contributed by atoms with E-state index < -0.39 is 5.91 Å². The van der Waals surface area contributed by atoms with Gasteiger partial charge in [-0.2, -0.15) is 5.10 Å². The minimum Gasteiger partial charge on any atom is -0.496 e. The number of aromatic amines is 1. The highest BCUT2D eigenvalue weighted by molar-refractivity contribution is 7.16. The van der Waals surface area contributed by atoms with Crippen LogP contribution < -0.4 is 15.6 Å². The lowest BCUT2D eigenvalue weighted by atomic mass is 10.1. The van der Waals surface area contributed by atoms with E-state index in [2.05, 4.69) is 20.5 Å². The Morgan fingerprint density at radius 2 is 2.04 bits per heavy atom. The van der Waals surface area contributed by atoms with Crippen molar-refractivity contribution in [3.63, 3.8) is 0 Å². The van der Waals surface area contributed by atoms with E-state index in [-0.39, 0.29) is 11.3 Å². The maximum atomic E-state index is 12.2. The molecule has 0 spiro atoms. The predicted octanol–water partition coefficient (Wildman–Crippen LogP) is 2.77. The highest BCUT2D eigenvalue weighted by atomic mass is 32.1. The number of hydrogen-bond acceptors (Lipinski definition) is 6. The van der Waals surface area contributed by atoms with Gasteiger partial charge in [-0.1, -0.05) is 0 Å². The van der Waals surface area contributed by atoms with E-state index in [1.807, 2.05) is 32.0 Å². The fourth-order valence-corrected chi connectivity index (χ4v) is 3.21. The number of carbonyl (C=O) groups excluding carboxylic acids is 1. The van der Waals surface area contributed by atoms with Gasteiger partial charge in [0.05, 0.1) is 12.8 Å². The molecule has 7 nitrogen and oxygen atoms in total. The Hall–Kier alpha value is -3.00. The summed E-state index contributed by atoms with van der Waals surface area (Å²) in [5.41, 5.74) is 2.53. The van der Waals surface area contributed by atoms with Crippen LogP contribution in [-0.2, 0) is 0 Å². The van der Waals surface area contributed by atoms with Crippen molar-refractivity contribution in [3.8, 4) is 17.0 Å². The van der Waals surface area contributed by atoms with E-state index in [4.69, 9.17) is 4.74 Å². The quantitative estimate of drug-likeness (QED) is 0.749. The van der Waals surface area contributed by atoms with E-state index in [0.717, 1.165) is 27.4 Å². The first-order valence-corrected chi connectivity index (χ1v) is 8.29. The molecule has 0 bridgehead atoms. The van der Waals surface area contributed by atoms with Crippen molar-refractivity contribution in [1.29, 1.82) is 0 Å². The second kappa shape index (κ2) is 6.86. The van der Waals surface area contributed by atoms with Crippen molar-refractivity contribution >= 4 is 22.4 Å². The van der Waals surface area contributed by atoms with Gasteiger partial charge in [0.1, 0.15) is 11.4 Å². The Kier molecular flexibility index (Phi) is 4.62. The van der Waals surface area contributed by atoms with Crippen LogP contribution in [0, 0.1) is 13.8 Å². The average molecular weight is 356 g/mol. The maximum Gasteiger partial charge on any atom is 0.277 e. The van der Waals surface area contributed by atoms with Gasteiger partial charge in [-0.05, 0) is 43.7 Å². The average Bonchev–Trinajstić information content (AvgIpc) is 2.95. The third kappa shape index (κ3) is 3.58. The van der Waals surface area contributed by atoms with Gasteiger partial charge < -0.3 is 4.74 Å². The Morgan fingerprint density at radius 3 is 2.68 bits per heavy atom. The molecular weight excluding hydrogens is 340 g/mol. The zero-order valence-electron chi connectivity index (χ0n) is 13.9. The Balaban J connectivity index is 1.85. The van der Waals surface area contributed by atoms with E-state index in [0.29, 0.717) is 5.13 Å². The third-order valence-corrected chi connectivity index (χ3v) is 4.48. The molecule has 8 heteroatoms. The van der Waals surface area contributed by atoms with Gasteiger partial charge in [0.2, 0.25) is 0 Å². The van der Waals surface area contributed by atoms with Crippen LogP contribution in [-0.4, -0.2) is 28.2 Å². The van der Waals surface area contributed by atoms with E-state index in [1.165, 1.54) is 23.5 Å². The SMILES string of the molecule is COc1ccc(-c2nc(NC(=O)c3ccc(=O)[nH]n3)sc2C)cc1C. The molecule has 2 aromatic heterocycles. The summed E-state index contributed by atoms with van der Waals surface area (Å²) in [6.45, 7) is 3.91. The van der Waals surface area contributed by atoms with Crippen LogP contribution in [0.4, 0.5) is 5.13 Å². The largest absolute Gasteiger partial charge is 0.496 e. The number of aryl methyl sites for hydroxylation is 2. The van der Waals surface area contributed by atoms with Crippen molar-refractivity contribution in [3.05, 3.63) is 56.8 Å². The van der Waals surface area contributed by atoms with Gasteiger partial charge in [-0.3, -0.25) is 14.9 Å². The molecule has 0 saturated carbocycles. The molecule has 0 saturated heterocycles. The van der Waals surface area contributed by atoms with Gasteiger partial charge in [-0.15, -0.1) is 11.3 Å². The van der Waals surface area contributed by atoms with Crippen molar-refractivity contribution in [2.75, 3.05) is 12.4 Å². The summed E-state index contributed by atoms with van der Waals surface area (Å²) in [7, 11) is 1.63. The highest BCUT2D eigenvalue weighted by Gasteiger charge is 2.15. The molecular formula is C17H16N4O3S. The zero-order chi connectivity index (χ0) is 18.0. The smallest absolute Gasteiger partial charge is 0.277 e. The first-order valence-electron chi connectivity index (χ1n) is 7.47. The predicted molar refractivity (Wildman–Crippen MR) is 96.4 cm³/mol. The molecule has 0 atom stereocenters. The van der Waals surface area contributed by atoms with E-state index in [1.54, 1.807) is 7.11 Å². The van der Waals surface area contributed by atoms with Gasteiger partial charge in [0, 0.05) is 16.5 Å². The molecule has 3 aromatic rings. The normalized spacial score (nSPS) is 10.5. The fraction of sp³-hybridized carbons (Fsp3) is 0.176. The van der Waals surface area contributed by atoms with Crippen LogP contribution in [0.2, 0.25) is 0 Å². The molecule has 0 radical (unpaired) electrons. The van der Waals surface area contributed by atoms with Gasteiger partial charge in [-0.25, -0.2) is 10.1 Å². The number of thiazole rings is 1. The lowest BCUT2D eigenvalue weighted by Crippen LogP contribution is -2.17. The summed E-state index contributed by atoms with van der Waals surface area (Å²) in [5, 5.41) is 9.11. The van der Waals surface area contributed by atoms with E-state index in [9.17, 15) is 9.59 Å². The van der Waals surface area contributed by atoms with Gasteiger partial charge in [0.25, 0.3) is 11.5 Å². The monoisotopic (exact) mass is 356 g/mol. The van der Waals surface area contributed by atoms with Crippen molar-refractivity contribution in [2.24, 2.45) is 0 Å². The van der Waals surface area contributed by atoms with Crippen LogP contribution in [0.1, 0.15) is 20.9 Å². The van der Waals surface area contributed by atoms with Crippen LogP contribution in [0.15, 0.2) is 35.1 Å². The molecule has 1 amide bonds. The molecule has 0 fully saturated rings. The highest BCUT2D eigenvalue weighted by Crippen LogP contribution is 2.32. The lowest BCUT2D eigenvalue weighted by Gasteiger charge is -2.06. The van der Waals surface area contributed by atoms with Gasteiger partial charge in [0.15, 0.2) is 5.13 Å². The van der Waals surface area contributed by atoms with Crippen LogP contribution in [0.25, 0.3) is 11.3 Å². The fourth-order valence-electron chi connectivity index (χ4n) is 2.38. The topological polar surface area (TPSA) is 97.0 Å². The summed E-state index contributed by atoms with van der Waals surface area (Å²) >= 11 is 1.38. The summed E-state index contributed by atoms with van der Waals surface area (Å²) < 4.78 is 5.27. The zero-order valence-corrected chi connectivity index (χ0v) is 14.7. The Bertz CT molecular complexity index is 973. The lowest BCUT2D eigenvalue weighted by molar-refractivity contribution is 0.102. The molecule has 1 aromatic carbocycles. The maximum absolute atomic E-state index is 12.2. The number of rotatable bonds is 4. The Morgan fingerprint density at radius 1 is 1.24 bits per heavy atom. The van der Waals surface area contributed by atoms with Crippen molar-refractivity contribution in [2.45, 2.75) is 13.8 Å². The minimum atomic E-state index is -0.428. The summed E-state index contributed by atoms with van der Waals surface area (Å²) in [6, 6.07) is 8.44. The number of nitrogens with one attached hydrogen (secondary N) is 2. The second-order valence-corrected chi connectivity index (χ2v) is 6.57. The third-order valence-electron chi connectivity index (χ3n) is 3.60. The molecule has 128 valence electrons. The summed E-state index contributed by atoms with van der Waals surface area (Å²) in [6.07, 6.45) is 0. The molecule has 0 unspecified atom stereocenters. The number of aromatic nitrogens is 3. The second-order valence-electron chi connectivity index (χ2n) is 5.37. The van der Waals surface area contributed by atoms with Crippen LogP contribution >= 0.6 is 11.3 Å². The van der Waals surface area contributed by atoms with E-state index >= 15 is 0 Å². The number of carbonyl (C=O) groups is 1. The number of nitrogens with zero attached hydrogens (tertiary/aromatic N) is 2. The summed E-state index contributed by atoms with van der Waals surface area (Å²) in [4.78, 5) is 28.7. The first kappa shape index (κ1) is 16.8. The number of methoxy groups -OCH3 is 1. The van der Waals surface area contributed by atoms with Crippen LogP contribution in [0.5, 0.6) is 5.75 Å². The minimum absolute atomic E-state index is 0.120. The number of amides is 1. The van der Waals surface area contributed by atoms with Crippen molar-refractivity contribution < 1.29 is 9.53 Å². The standard InChI is InChI=1S/C17H16N4O3S/c1-9-8-11(4-6-13(9)24-3)15-10(2)25-17(18-15)19-16(23)12-5-7-14(22)21-20-12/h4-8H,1-3H3,(H,21,22)(H,18,19,23). The number of H-pyrrole nitrogens is 1. The van der Waals surface area contributed by atoms with Gasteiger partial charge >= 0.3 is 0 Å². The molecule has 25 heavy (non-hydrogen) atoms. The number of anilines is 1. The number of hydrogen-bond donors (Lipinski definition) is 2. The number of benzene rings is 1. The molecule has 0 aliphatic rings.